The van der Waals surface area contributed by atoms with Crippen LogP contribution in [0.4, 0.5) is 0 Å². The first-order chi connectivity index (χ1) is 12.6. The lowest BCUT2D eigenvalue weighted by Crippen LogP contribution is -2.47. The first-order valence-corrected chi connectivity index (χ1v) is 8.19. The van der Waals surface area contributed by atoms with Gasteiger partial charge in [-0.25, -0.2) is 0 Å². The molecule has 0 unspecified atom stereocenters. The lowest BCUT2D eigenvalue weighted by molar-refractivity contribution is -0.123. The number of benzene rings is 1. The Morgan fingerprint density at radius 2 is 1.88 bits per heavy atom. The van der Waals surface area contributed by atoms with Crippen LogP contribution in [0.2, 0.25) is 0 Å². The second-order valence-electron chi connectivity index (χ2n) is 5.92. The topological polar surface area (TPSA) is 93.0 Å². The number of furan rings is 1. The SMILES string of the molecule is COc1cc2c(cc1OC)CN(CC(=O)NNC(=O)c1ccco1)CC2. The molecule has 2 heterocycles. The number of nitrogens with zero attached hydrogens (tertiary/aromatic N) is 1. The van der Waals surface area contributed by atoms with E-state index < -0.39 is 5.91 Å². The van der Waals surface area contributed by atoms with Crippen LogP contribution in [0.1, 0.15) is 21.7 Å². The molecule has 8 nitrogen and oxygen atoms in total. The fourth-order valence-corrected chi connectivity index (χ4v) is 2.92. The summed E-state index contributed by atoms with van der Waals surface area (Å²) in [5.74, 6) is 0.720. The third kappa shape index (κ3) is 3.97. The average molecular weight is 359 g/mol. The van der Waals surface area contributed by atoms with Gasteiger partial charge in [0.15, 0.2) is 17.3 Å². The molecule has 0 atom stereocenters. The molecule has 1 aromatic carbocycles. The van der Waals surface area contributed by atoms with Crippen LogP contribution in [0, 0.1) is 0 Å². The number of hydrogen-bond donors (Lipinski definition) is 2. The third-order valence-electron chi connectivity index (χ3n) is 4.22. The molecule has 0 bridgehead atoms. The summed E-state index contributed by atoms with van der Waals surface area (Å²) in [4.78, 5) is 25.8. The summed E-state index contributed by atoms with van der Waals surface area (Å²) in [6.07, 6.45) is 2.20. The van der Waals surface area contributed by atoms with E-state index in [-0.39, 0.29) is 18.2 Å². The van der Waals surface area contributed by atoms with Gasteiger partial charge >= 0.3 is 5.91 Å². The van der Waals surface area contributed by atoms with Gasteiger partial charge in [-0.2, -0.15) is 0 Å². The Hall–Kier alpha value is -3.00. The standard InChI is InChI=1S/C18H21N3O5/c1-24-15-8-12-5-6-21(10-13(12)9-16(15)25-2)11-17(22)19-20-18(23)14-4-3-7-26-14/h3-4,7-9H,5-6,10-11H2,1-2H3,(H,19,22)(H,20,23). The number of fused-ring (bicyclic) bond motifs is 1. The maximum absolute atomic E-state index is 12.1. The van der Waals surface area contributed by atoms with Crippen LogP contribution < -0.4 is 20.3 Å². The second-order valence-corrected chi connectivity index (χ2v) is 5.92. The molecule has 138 valence electrons. The minimum absolute atomic E-state index is 0.137. The molecule has 8 heteroatoms. The quantitative estimate of drug-likeness (QED) is 0.777. The van der Waals surface area contributed by atoms with E-state index in [9.17, 15) is 9.59 Å². The Kier molecular flexibility index (Phi) is 5.43. The van der Waals surface area contributed by atoms with E-state index in [1.165, 1.54) is 17.9 Å². The molecule has 0 radical (unpaired) electrons. The molecule has 0 aliphatic carbocycles. The van der Waals surface area contributed by atoms with Gasteiger partial charge in [0.05, 0.1) is 27.0 Å². The highest BCUT2D eigenvalue weighted by atomic mass is 16.5. The minimum Gasteiger partial charge on any atom is -0.493 e. The van der Waals surface area contributed by atoms with Gasteiger partial charge in [-0.1, -0.05) is 0 Å². The normalized spacial score (nSPS) is 13.6. The van der Waals surface area contributed by atoms with Crippen LogP contribution in [0.25, 0.3) is 0 Å². The van der Waals surface area contributed by atoms with Crippen LogP contribution in [0.3, 0.4) is 0 Å². The number of ether oxygens (including phenoxy) is 2. The number of carbonyl (C=O) groups is 2. The molecule has 3 rings (SSSR count). The lowest BCUT2D eigenvalue weighted by atomic mass is 9.99. The third-order valence-corrected chi connectivity index (χ3v) is 4.22. The van der Waals surface area contributed by atoms with Crippen LogP contribution in [0.15, 0.2) is 34.9 Å². The summed E-state index contributed by atoms with van der Waals surface area (Å²) in [6.45, 7) is 1.53. The fourth-order valence-electron chi connectivity index (χ4n) is 2.92. The van der Waals surface area contributed by atoms with Gasteiger partial charge in [0.1, 0.15) is 0 Å². The van der Waals surface area contributed by atoms with Crippen molar-refractivity contribution in [1.29, 1.82) is 0 Å². The maximum atomic E-state index is 12.1. The Bertz CT molecular complexity index is 788. The predicted octanol–water partition coefficient (Wildman–Crippen LogP) is 1.12. The van der Waals surface area contributed by atoms with E-state index in [2.05, 4.69) is 10.9 Å². The number of nitrogens with one attached hydrogen (secondary N) is 2. The number of hydrogen-bond acceptors (Lipinski definition) is 6. The zero-order chi connectivity index (χ0) is 18.5. The Morgan fingerprint density at radius 3 is 2.54 bits per heavy atom. The van der Waals surface area contributed by atoms with E-state index in [0.717, 1.165) is 18.5 Å². The van der Waals surface area contributed by atoms with Crippen LogP contribution in [-0.2, 0) is 17.8 Å². The zero-order valence-electron chi connectivity index (χ0n) is 14.7. The zero-order valence-corrected chi connectivity index (χ0v) is 14.7. The number of amides is 2. The molecule has 1 aromatic heterocycles. The lowest BCUT2D eigenvalue weighted by Gasteiger charge is -2.28. The predicted molar refractivity (Wildman–Crippen MR) is 92.8 cm³/mol. The van der Waals surface area contributed by atoms with Crippen molar-refractivity contribution in [2.45, 2.75) is 13.0 Å². The average Bonchev–Trinajstić information content (AvgIpc) is 3.19. The molecule has 1 aliphatic heterocycles. The van der Waals surface area contributed by atoms with Crippen molar-refractivity contribution in [2.75, 3.05) is 27.3 Å². The van der Waals surface area contributed by atoms with Gasteiger partial charge in [0.25, 0.3) is 5.91 Å². The highest BCUT2D eigenvalue weighted by molar-refractivity contribution is 5.93. The van der Waals surface area contributed by atoms with E-state index in [4.69, 9.17) is 13.9 Å². The van der Waals surface area contributed by atoms with Gasteiger partial charge in [-0.05, 0) is 41.8 Å². The van der Waals surface area contributed by atoms with E-state index >= 15 is 0 Å². The molecule has 2 amide bonds. The first kappa shape index (κ1) is 17.8. The van der Waals surface area contributed by atoms with Gasteiger partial charge in [-0.3, -0.25) is 25.3 Å². The van der Waals surface area contributed by atoms with E-state index in [1.54, 1.807) is 20.3 Å². The van der Waals surface area contributed by atoms with Crippen molar-refractivity contribution < 1.29 is 23.5 Å². The van der Waals surface area contributed by atoms with Crippen molar-refractivity contribution >= 4 is 11.8 Å². The summed E-state index contributed by atoms with van der Waals surface area (Å²) in [5, 5.41) is 0. The summed E-state index contributed by atoms with van der Waals surface area (Å²) in [7, 11) is 3.21. The molecule has 0 spiro atoms. The molecule has 0 fully saturated rings. The number of carbonyl (C=O) groups excluding carboxylic acids is 2. The van der Waals surface area contributed by atoms with Crippen molar-refractivity contribution in [3.63, 3.8) is 0 Å². The monoisotopic (exact) mass is 359 g/mol. The highest BCUT2D eigenvalue weighted by Crippen LogP contribution is 2.33. The van der Waals surface area contributed by atoms with Crippen molar-refractivity contribution in [3.05, 3.63) is 47.4 Å². The van der Waals surface area contributed by atoms with Crippen molar-refractivity contribution in [2.24, 2.45) is 0 Å². The number of methoxy groups -OCH3 is 2. The molecular formula is C18H21N3O5. The molecule has 2 N–H and O–H groups in total. The largest absolute Gasteiger partial charge is 0.493 e. The van der Waals surface area contributed by atoms with Crippen LogP contribution >= 0.6 is 0 Å². The maximum Gasteiger partial charge on any atom is 0.305 e. The van der Waals surface area contributed by atoms with Gasteiger partial charge in [0.2, 0.25) is 0 Å². The highest BCUT2D eigenvalue weighted by Gasteiger charge is 2.21. The smallest absolute Gasteiger partial charge is 0.305 e. The fraction of sp³-hybridized carbons (Fsp3) is 0.333. The van der Waals surface area contributed by atoms with Crippen LogP contribution in [0.5, 0.6) is 11.5 Å². The van der Waals surface area contributed by atoms with Gasteiger partial charge < -0.3 is 13.9 Å². The molecule has 2 aromatic rings. The summed E-state index contributed by atoms with van der Waals surface area (Å²) in [5.41, 5.74) is 7.01. The minimum atomic E-state index is -0.496. The Morgan fingerprint density at radius 1 is 1.15 bits per heavy atom. The van der Waals surface area contributed by atoms with E-state index in [1.807, 2.05) is 17.0 Å². The Labute approximate surface area is 151 Å². The molecule has 0 saturated carbocycles. The Balaban J connectivity index is 1.55. The molecule has 26 heavy (non-hydrogen) atoms. The summed E-state index contributed by atoms with van der Waals surface area (Å²) in [6, 6.07) is 7.04. The molecular weight excluding hydrogens is 338 g/mol. The second kappa shape index (κ2) is 7.92. The van der Waals surface area contributed by atoms with Gasteiger partial charge in [0, 0.05) is 13.1 Å². The first-order valence-electron chi connectivity index (χ1n) is 8.19. The molecule has 0 saturated heterocycles. The number of rotatable bonds is 5. The van der Waals surface area contributed by atoms with Crippen LogP contribution in [-0.4, -0.2) is 44.0 Å². The number of hydrazine groups is 1. The summed E-state index contributed by atoms with van der Waals surface area (Å²) < 4.78 is 15.6. The summed E-state index contributed by atoms with van der Waals surface area (Å²) >= 11 is 0. The van der Waals surface area contributed by atoms with Crippen molar-refractivity contribution in [3.8, 4) is 11.5 Å². The van der Waals surface area contributed by atoms with Gasteiger partial charge in [-0.15, -0.1) is 0 Å². The van der Waals surface area contributed by atoms with Crippen molar-refractivity contribution in [1.82, 2.24) is 15.8 Å². The van der Waals surface area contributed by atoms with E-state index in [0.29, 0.717) is 18.0 Å². The molecule has 1 aliphatic rings.